The Labute approximate surface area is 274 Å². The van der Waals surface area contributed by atoms with E-state index in [9.17, 15) is 19.5 Å². The molecule has 3 rings (SSSR count). The van der Waals surface area contributed by atoms with Crippen LogP contribution in [0.2, 0.25) is 0 Å². The maximum absolute atomic E-state index is 14.3. The molecule has 3 N–H and O–H groups in total. The fourth-order valence-corrected chi connectivity index (χ4v) is 5.39. The van der Waals surface area contributed by atoms with E-state index in [1.165, 1.54) is 0 Å². The Balaban J connectivity index is 1.87. The van der Waals surface area contributed by atoms with Crippen molar-refractivity contribution in [2.45, 2.75) is 71.1 Å². The number of benzene rings is 2. The van der Waals surface area contributed by atoms with Gasteiger partial charge in [-0.2, -0.15) is 0 Å². The molecule has 0 unspecified atom stereocenters. The van der Waals surface area contributed by atoms with Gasteiger partial charge in [0.1, 0.15) is 5.75 Å². The number of hydrogen-bond donors (Lipinski definition) is 3. The van der Waals surface area contributed by atoms with Gasteiger partial charge in [-0.15, -0.1) is 0 Å². The maximum Gasteiger partial charge on any atom is 0.323 e. The molecule has 0 spiro atoms. The molecule has 1 heterocycles. The minimum Gasteiger partial charge on any atom is -0.490 e. The van der Waals surface area contributed by atoms with Crippen LogP contribution in [0.25, 0.3) is 0 Å². The van der Waals surface area contributed by atoms with Gasteiger partial charge < -0.3 is 39.9 Å². The molecule has 0 saturated heterocycles. The van der Waals surface area contributed by atoms with E-state index in [0.717, 1.165) is 32.2 Å². The molecule has 0 fully saturated rings. The van der Waals surface area contributed by atoms with Crippen molar-refractivity contribution in [3.8, 4) is 5.75 Å². The van der Waals surface area contributed by atoms with Crippen molar-refractivity contribution in [2.24, 2.45) is 5.92 Å². The molecule has 0 aromatic heterocycles. The fraction of sp³-hybridized carbons (Fsp3) is 0.571. The Morgan fingerprint density at radius 3 is 2.46 bits per heavy atom. The molecule has 11 heteroatoms. The topological polar surface area (TPSA) is 124 Å². The van der Waals surface area contributed by atoms with Crippen LogP contribution in [0.1, 0.15) is 63.2 Å². The van der Waals surface area contributed by atoms with E-state index in [1.807, 2.05) is 46.1 Å². The fourth-order valence-electron chi connectivity index (χ4n) is 5.39. The van der Waals surface area contributed by atoms with E-state index in [0.29, 0.717) is 42.3 Å². The third kappa shape index (κ3) is 11.6. The van der Waals surface area contributed by atoms with E-state index >= 15 is 0 Å². The number of amides is 4. The number of ether oxygens (including phenoxy) is 2. The average Bonchev–Trinajstić information content (AvgIpc) is 3.02. The molecule has 1 aliphatic rings. The lowest BCUT2D eigenvalue weighted by atomic mass is 10.0. The number of nitrogens with zero attached hydrogens (tertiary/aromatic N) is 3. The minimum absolute atomic E-state index is 0.0601. The molecule has 46 heavy (non-hydrogen) atoms. The van der Waals surface area contributed by atoms with Gasteiger partial charge in [-0.05, 0) is 90.5 Å². The first kappa shape index (κ1) is 36.8. The van der Waals surface area contributed by atoms with Gasteiger partial charge in [0.05, 0.1) is 30.4 Å². The number of anilines is 2. The Kier molecular flexibility index (Phi) is 14.8. The summed E-state index contributed by atoms with van der Waals surface area (Å²) in [4.78, 5) is 45.4. The molecule has 0 saturated carbocycles. The summed E-state index contributed by atoms with van der Waals surface area (Å²) in [5, 5.41) is 15.8. The van der Waals surface area contributed by atoms with Gasteiger partial charge in [0.15, 0.2) is 0 Å². The van der Waals surface area contributed by atoms with Crippen LogP contribution in [0.15, 0.2) is 48.5 Å². The van der Waals surface area contributed by atoms with Crippen LogP contribution in [-0.4, -0.2) is 110 Å². The third-order valence-electron chi connectivity index (χ3n) is 8.22. The van der Waals surface area contributed by atoms with Crippen molar-refractivity contribution in [1.82, 2.24) is 14.7 Å². The zero-order valence-electron chi connectivity index (χ0n) is 28.3. The van der Waals surface area contributed by atoms with Crippen molar-refractivity contribution in [1.29, 1.82) is 0 Å². The lowest BCUT2D eigenvalue weighted by Gasteiger charge is -2.36. The van der Waals surface area contributed by atoms with E-state index < -0.39 is 12.1 Å². The predicted molar refractivity (Wildman–Crippen MR) is 181 cm³/mol. The quantitative estimate of drug-likeness (QED) is 0.337. The van der Waals surface area contributed by atoms with Crippen molar-refractivity contribution in [2.75, 3.05) is 64.6 Å². The standard InChI is InChI=1S/C35H53N5O6/c1-25-22-40(26(2)24-41)34(43)30-21-29(37-35(44)36-28-14-8-7-9-15-28)17-18-31(30)46-27(3)13-10-11-20-45-32(25)23-39(6)33(42)16-12-19-38(4)5/h7-9,14-15,17-18,21,25-27,32,41H,10-13,16,19-20,22-24H2,1-6H3,(H2,36,37,44)/t25-,26+,27-,32-/m1/s1. The smallest absolute Gasteiger partial charge is 0.323 e. The predicted octanol–water partition coefficient (Wildman–Crippen LogP) is 4.93. The Morgan fingerprint density at radius 1 is 1.04 bits per heavy atom. The van der Waals surface area contributed by atoms with Gasteiger partial charge in [0.25, 0.3) is 5.91 Å². The van der Waals surface area contributed by atoms with Crippen LogP contribution < -0.4 is 15.4 Å². The van der Waals surface area contributed by atoms with Gasteiger partial charge in [-0.25, -0.2) is 4.79 Å². The van der Waals surface area contributed by atoms with Crippen LogP contribution in [0, 0.1) is 5.92 Å². The number of urea groups is 1. The van der Waals surface area contributed by atoms with Crippen LogP contribution in [0.4, 0.5) is 16.2 Å². The molecular weight excluding hydrogens is 586 g/mol. The zero-order chi connectivity index (χ0) is 33.6. The first-order valence-electron chi connectivity index (χ1n) is 16.3. The largest absolute Gasteiger partial charge is 0.490 e. The second-order valence-electron chi connectivity index (χ2n) is 12.6. The van der Waals surface area contributed by atoms with E-state index in [2.05, 4.69) is 15.5 Å². The molecule has 2 aromatic carbocycles. The molecule has 1 aliphatic heterocycles. The highest BCUT2D eigenvalue weighted by atomic mass is 16.5. The molecule has 0 aliphatic carbocycles. The summed E-state index contributed by atoms with van der Waals surface area (Å²) in [6.07, 6.45) is 3.22. The van der Waals surface area contributed by atoms with E-state index in [4.69, 9.17) is 9.47 Å². The van der Waals surface area contributed by atoms with Gasteiger partial charge in [-0.3, -0.25) is 9.59 Å². The van der Waals surface area contributed by atoms with Gasteiger partial charge in [0.2, 0.25) is 5.91 Å². The number of carbonyl (C=O) groups excluding carboxylic acids is 3. The number of hydrogen-bond acceptors (Lipinski definition) is 7. The summed E-state index contributed by atoms with van der Waals surface area (Å²) in [5.41, 5.74) is 1.36. The van der Waals surface area contributed by atoms with E-state index in [1.54, 1.807) is 54.1 Å². The van der Waals surface area contributed by atoms with Crippen molar-refractivity contribution in [3.63, 3.8) is 0 Å². The van der Waals surface area contributed by atoms with Gasteiger partial charge in [-0.1, -0.05) is 25.1 Å². The Morgan fingerprint density at radius 2 is 1.76 bits per heavy atom. The lowest BCUT2D eigenvalue weighted by molar-refractivity contribution is -0.132. The Hall–Kier alpha value is -3.67. The lowest BCUT2D eigenvalue weighted by Crippen LogP contribution is -2.48. The summed E-state index contributed by atoms with van der Waals surface area (Å²) in [5.74, 6) is -0.00187. The number of nitrogens with one attached hydrogen (secondary N) is 2. The highest BCUT2D eigenvalue weighted by molar-refractivity contribution is 6.02. The third-order valence-corrected chi connectivity index (χ3v) is 8.22. The molecule has 11 nitrogen and oxygen atoms in total. The normalized spacial score (nSPS) is 20.2. The van der Waals surface area contributed by atoms with Crippen LogP contribution >= 0.6 is 0 Å². The summed E-state index contributed by atoms with van der Waals surface area (Å²) in [7, 11) is 5.78. The molecule has 4 amide bonds. The van der Waals surface area contributed by atoms with Gasteiger partial charge >= 0.3 is 6.03 Å². The minimum atomic E-state index is -0.503. The first-order valence-corrected chi connectivity index (χ1v) is 16.3. The second kappa shape index (κ2) is 18.5. The number of likely N-dealkylation sites (N-methyl/N-ethyl adjacent to an activating group) is 1. The summed E-state index contributed by atoms with van der Waals surface area (Å²) >= 11 is 0. The van der Waals surface area contributed by atoms with Crippen LogP contribution in [-0.2, 0) is 9.53 Å². The number of fused-ring (bicyclic) bond motifs is 1. The number of carbonyl (C=O) groups is 3. The molecule has 0 radical (unpaired) electrons. The number of aliphatic hydroxyl groups excluding tert-OH is 1. The molecule has 254 valence electrons. The van der Waals surface area contributed by atoms with Crippen molar-refractivity contribution >= 4 is 29.2 Å². The molecule has 2 aromatic rings. The summed E-state index contributed by atoms with van der Waals surface area (Å²) < 4.78 is 12.7. The van der Waals surface area contributed by atoms with Crippen LogP contribution in [0.3, 0.4) is 0 Å². The molecule has 4 atom stereocenters. The molecule has 0 bridgehead atoms. The number of rotatable bonds is 10. The average molecular weight is 640 g/mol. The second-order valence-corrected chi connectivity index (χ2v) is 12.6. The monoisotopic (exact) mass is 639 g/mol. The highest BCUT2D eigenvalue weighted by Gasteiger charge is 2.31. The number of aliphatic hydroxyl groups is 1. The highest BCUT2D eigenvalue weighted by Crippen LogP contribution is 2.28. The summed E-state index contributed by atoms with van der Waals surface area (Å²) in [6, 6.07) is 13.2. The van der Waals surface area contributed by atoms with Crippen molar-refractivity contribution in [3.05, 3.63) is 54.1 Å². The first-order chi connectivity index (χ1) is 22.0. The Bertz CT molecular complexity index is 1260. The zero-order valence-corrected chi connectivity index (χ0v) is 28.3. The van der Waals surface area contributed by atoms with Crippen LogP contribution in [0.5, 0.6) is 5.75 Å². The summed E-state index contributed by atoms with van der Waals surface area (Å²) in [6.45, 7) is 7.59. The number of para-hydroxylation sites is 1. The van der Waals surface area contributed by atoms with Gasteiger partial charge in [0, 0.05) is 50.5 Å². The maximum atomic E-state index is 14.3. The van der Waals surface area contributed by atoms with E-state index in [-0.39, 0.29) is 43.1 Å². The van der Waals surface area contributed by atoms with Crippen molar-refractivity contribution < 1.29 is 29.0 Å². The molecular formula is C35H53N5O6. The SMILES string of the molecule is C[C@@H]1CCCCO[C@H](CN(C)C(=O)CCCN(C)C)[C@H](C)CN([C@@H](C)CO)C(=O)c2cc(NC(=O)Nc3ccccc3)ccc2O1.